The predicted octanol–water partition coefficient (Wildman–Crippen LogP) is 3.29. The van der Waals surface area contributed by atoms with E-state index in [-0.39, 0.29) is 11.9 Å². The molecule has 0 bridgehead atoms. The smallest absolute Gasteiger partial charge is 0.319 e. The van der Waals surface area contributed by atoms with E-state index >= 15 is 0 Å². The molecule has 0 radical (unpaired) electrons. The summed E-state index contributed by atoms with van der Waals surface area (Å²) in [6.07, 6.45) is 0.305. The van der Waals surface area contributed by atoms with Gasteiger partial charge in [-0.15, -0.1) is 0 Å². The molecule has 33 heavy (non-hydrogen) atoms. The van der Waals surface area contributed by atoms with Crippen molar-refractivity contribution in [3.63, 3.8) is 0 Å². The number of rotatable bonds is 8. The Balaban J connectivity index is 1.47. The molecule has 1 saturated heterocycles. The van der Waals surface area contributed by atoms with Crippen LogP contribution in [-0.4, -0.2) is 74.6 Å². The quantitative estimate of drug-likeness (QED) is 0.646. The van der Waals surface area contributed by atoms with Gasteiger partial charge in [0.1, 0.15) is 0 Å². The zero-order valence-corrected chi connectivity index (χ0v) is 20.3. The number of benzene rings is 2. The predicted molar refractivity (Wildman–Crippen MR) is 135 cm³/mol. The molecule has 7 nitrogen and oxygen atoms in total. The molecular formula is C26H37N5O2. The average Bonchev–Trinajstić information content (AvgIpc) is 2.81. The number of anilines is 2. The first-order valence-corrected chi connectivity index (χ1v) is 11.7. The lowest BCUT2D eigenvalue weighted by Gasteiger charge is -2.39. The summed E-state index contributed by atoms with van der Waals surface area (Å²) in [6, 6.07) is 17.1. The number of nitrogens with zero attached hydrogens (tertiary/aromatic N) is 3. The number of hydrogen-bond acceptors (Lipinski definition) is 4. The maximum atomic E-state index is 12.6. The van der Waals surface area contributed by atoms with Gasteiger partial charge < -0.3 is 20.4 Å². The minimum Gasteiger partial charge on any atom is -0.336 e. The summed E-state index contributed by atoms with van der Waals surface area (Å²) in [5.74, 6) is 0.475. The molecule has 178 valence electrons. The lowest BCUT2D eigenvalue weighted by atomic mass is 10.0. The van der Waals surface area contributed by atoms with E-state index < -0.39 is 0 Å². The van der Waals surface area contributed by atoms with Crippen molar-refractivity contribution < 1.29 is 9.59 Å². The second-order valence-corrected chi connectivity index (χ2v) is 9.15. The highest BCUT2D eigenvalue weighted by molar-refractivity contribution is 5.94. The zero-order valence-electron chi connectivity index (χ0n) is 20.3. The average molecular weight is 452 g/mol. The van der Waals surface area contributed by atoms with Crippen molar-refractivity contribution in [2.24, 2.45) is 5.92 Å². The standard InChI is InChI=1S/C26H37N5O2/c1-20(2)24(31-16-14-29(3)15-17-31)19-27-26(33)28-22-12-10-21(11-13-22)18-25(32)30(4)23-8-6-5-7-9-23/h5-13,20,24H,14-19H2,1-4H3,(H2,27,28,33). The van der Waals surface area contributed by atoms with Crippen molar-refractivity contribution in [1.29, 1.82) is 0 Å². The fourth-order valence-corrected chi connectivity index (χ4v) is 4.11. The van der Waals surface area contributed by atoms with Crippen LogP contribution in [0.2, 0.25) is 0 Å². The molecule has 2 aromatic rings. The summed E-state index contributed by atoms with van der Waals surface area (Å²) in [4.78, 5) is 31.5. The van der Waals surface area contributed by atoms with Gasteiger partial charge in [0.25, 0.3) is 0 Å². The molecule has 0 saturated carbocycles. The molecule has 2 aromatic carbocycles. The Morgan fingerprint density at radius 3 is 2.21 bits per heavy atom. The van der Waals surface area contributed by atoms with E-state index in [1.165, 1.54) is 0 Å². The Kier molecular flexibility index (Phi) is 8.86. The van der Waals surface area contributed by atoms with Crippen LogP contribution in [0.15, 0.2) is 54.6 Å². The Morgan fingerprint density at radius 1 is 0.970 bits per heavy atom. The van der Waals surface area contributed by atoms with E-state index in [1.54, 1.807) is 11.9 Å². The van der Waals surface area contributed by atoms with Crippen LogP contribution in [-0.2, 0) is 11.2 Å². The van der Waals surface area contributed by atoms with E-state index in [0.717, 1.165) is 37.4 Å². The minimum absolute atomic E-state index is 0.0169. The summed E-state index contributed by atoms with van der Waals surface area (Å²) < 4.78 is 0. The van der Waals surface area contributed by atoms with Gasteiger partial charge in [-0.05, 0) is 42.8 Å². The lowest BCUT2D eigenvalue weighted by molar-refractivity contribution is -0.117. The van der Waals surface area contributed by atoms with Crippen molar-refractivity contribution >= 4 is 23.3 Å². The topological polar surface area (TPSA) is 67.9 Å². The maximum absolute atomic E-state index is 12.6. The van der Waals surface area contributed by atoms with Crippen molar-refractivity contribution in [3.8, 4) is 0 Å². The number of urea groups is 1. The third-order valence-corrected chi connectivity index (χ3v) is 6.33. The number of piperazine rings is 1. The minimum atomic E-state index is -0.206. The number of para-hydroxylation sites is 1. The lowest BCUT2D eigenvalue weighted by Crippen LogP contribution is -2.54. The number of hydrogen-bond donors (Lipinski definition) is 2. The van der Waals surface area contributed by atoms with Gasteiger partial charge in [0.15, 0.2) is 0 Å². The van der Waals surface area contributed by atoms with Gasteiger partial charge in [0.05, 0.1) is 6.42 Å². The van der Waals surface area contributed by atoms with Gasteiger partial charge in [-0.25, -0.2) is 4.79 Å². The van der Waals surface area contributed by atoms with Gasteiger partial charge in [-0.2, -0.15) is 0 Å². The molecule has 1 atom stereocenters. The number of carbonyl (C=O) groups is 2. The first kappa shape index (κ1) is 24.7. The number of nitrogens with one attached hydrogen (secondary N) is 2. The monoisotopic (exact) mass is 451 g/mol. The van der Waals surface area contributed by atoms with Crippen LogP contribution in [0.3, 0.4) is 0 Å². The van der Waals surface area contributed by atoms with Gasteiger partial charge in [0, 0.05) is 57.2 Å². The fraction of sp³-hybridized carbons (Fsp3) is 0.462. The van der Waals surface area contributed by atoms with Crippen LogP contribution in [0.25, 0.3) is 0 Å². The maximum Gasteiger partial charge on any atom is 0.319 e. The Hall–Kier alpha value is -2.90. The van der Waals surface area contributed by atoms with Crippen molar-refractivity contribution in [2.45, 2.75) is 26.3 Å². The summed E-state index contributed by atoms with van der Waals surface area (Å²) in [6.45, 7) is 9.21. The van der Waals surface area contributed by atoms with Crippen LogP contribution in [0, 0.1) is 5.92 Å². The van der Waals surface area contributed by atoms with E-state index in [9.17, 15) is 9.59 Å². The van der Waals surface area contributed by atoms with Crippen LogP contribution in [0.5, 0.6) is 0 Å². The van der Waals surface area contributed by atoms with Gasteiger partial charge in [-0.3, -0.25) is 9.69 Å². The van der Waals surface area contributed by atoms with Crippen LogP contribution >= 0.6 is 0 Å². The normalized spacial score (nSPS) is 15.8. The first-order chi connectivity index (χ1) is 15.8. The molecule has 1 fully saturated rings. The van der Waals surface area contributed by atoms with Gasteiger partial charge in [0.2, 0.25) is 5.91 Å². The molecule has 0 aromatic heterocycles. The summed E-state index contributed by atoms with van der Waals surface area (Å²) in [5, 5.41) is 5.94. The molecule has 7 heteroatoms. The first-order valence-electron chi connectivity index (χ1n) is 11.7. The summed E-state index contributed by atoms with van der Waals surface area (Å²) >= 11 is 0. The van der Waals surface area contributed by atoms with E-state index in [1.807, 2.05) is 54.6 Å². The van der Waals surface area contributed by atoms with Crippen molar-refractivity contribution in [3.05, 3.63) is 60.2 Å². The van der Waals surface area contributed by atoms with E-state index in [4.69, 9.17) is 0 Å². The van der Waals surface area contributed by atoms with E-state index in [2.05, 4.69) is 41.3 Å². The third kappa shape index (κ3) is 7.30. The third-order valence-electron chi connectivity index (χ3n) is 6.33. The van der Waals surface area contributed by atoms with E-state index in [0.29, 0.717) is 30.6 Å². The zero-order chi connectivity index (χ0) is 23.8. The summed E-state index contributed by atoms with van der Waals surface area (Å²) in [5.41, 5.74) is 2.48. The Bertz CT molecular complexity index is 893. The Morgan fingerprint density at radius 2 is 1.61 bits per heavy atom. The molecular weight excluding hydrogens is 414 g/mol. The highest BCUT2D eigenvalue weighted by Crippen LogP contribution is 2.16. The SMILES string of the molecule is CC(C)C(CNC(=O)Nc1ccc(CC(=O)N(C)c2ccccc2)cc1)N1CCN(C)CC1. The molecule has 0 spiro atoms. The van der Waals surface area contributed by atoms with Crippen molar-refractivity contribution in [1.82, 2.24) is 15.1 Å². The number of likely N-dealkylation sites (N-methyl/N-ethyl adjacent to an activating group) is 2. The summed E-state index contributed by atoms with van der Waals surface area (Å²) in [7, 11) is 3.93. The number of amides is 3. The highest BCUT2D eigenvalue weighted by atomic mass is 16.2. The second kappa shape index (κ2) is 11.8. The van der Waals surface area contributed by atoms with Crippen molar-refractivity contribution in [2.75, 3.05) is 57.0 Å². The molecule has 3 amide bonds. The molecule has 3 rings (SSSR count). The second-order valence-electron chi connectivity index (χ2n) is 9.15. The van der Waals surface area contributed by atoms with Crippen LogP contribution in [0.1, 0.15) is 19.4 Å². The highest BCUT2D eigenvalue weighted by Gasteiger charge is 2.25. The molecule has 1 aliphatic rings. The molecule has 1 aliphatic heterocycles. The molecule has 1 unspecified atom stereocenters. The number of carbonyl (C=O) groups excluding carboxylic acids is 2. The van der Waals surface area contributed by atoms with Crippen LogP contribution in [0.4, 0.5) is 16.2 Å². The Labute approximate surface area is 197 Å². The van der Waals surface area contributed by atoms with Crippen LogP contribution < -0.4 is 15.5 Å². The largest absolute Gasteiger partial charge is 0.336 e. The molecule has 1 heterocycles. The molecule has 2 N–H and O–H groups in total. The fourth-order valence-electron chi connectivity index (χ4n) is 4.11. The molecule has 0 aliphatic carbocycles. The van der Waals surface area contributed by atoms with Gasteiger partial charge in [-0.1, -0.05) is 44.2 Å². The van der Waals surface area contributed by atoms with Gasteiger partial charge >= 0.3 is 6.03 Å².